The normalized spacial score (nSPS) is 10.6. The van der Waals surface area contributed by atoms with Gasteiger partial charge in [-0.05, 0) is 18.2 Å². The Balaban J connectivity index is 2.44. The van der Waals surface area contributed by atoms with E-state index in [1.165, 1.54) is 0 Å². The summed E-state index contributed by atoms with van der Waals surface area (Å²) in [5, 5.41) is 8.61. The number of aromatic nitrogens is 2. The van der Waals surface area contributed by atoms with E-state index in [9.17, 15) is 0 Å². The molecular weight excluding hydrogens is 237 g/mol. The van der Waals surface area contributed by atoms with Gasteiger partial charge >= 0.3 is 0 Å². The number of hydrogen-bond acceptors (Lipinski definition) is 4. The van der Waals surface area contributed by atoms with Gasteiger partial charge < -0.3 is 10.2 Å². The number of hydrogen-bond donors (Lipinski definition) is 1. The van der Waals surface area contributed by atoms with Crippen molar-refractivity contribution in [1.29, 1.82) is 0 Å². The predicted octanol–water partition coefficient (Wildman–Crippen LogP) is 2.50. The van der Waals surface area contributed by atoms with E-state index in [-0.39, 0.29) is 6.54 Å². The van der Waals surface area contributed by atoms with Crippen molar-refractivity contribution in [2.24, 2.45) is 5.73 Å². The van der Waals surface area contributed by atoms with Gasteiger partial charge in [0, 0.05) is 15.6 Å². The first-order valence-corrected chi connectivity index (χ1v) is 4.93. The molecule has 78 valence electrons. The van der Waals surface area contributed by atoms with Crippen LogP contribution in [0.1, 0.15) is 5.89 Å². The number of halogens is 2. The quantitative estimate of drug-likeness (QED) is 0.881. The summed E-state index contributed by atoms with van der Waals surface area (Å²) in [7, 11) is 0. The Labute approximate surface area is 96.0 Å². The molecule has 1 aromatic heterocycles. The molecule has 1 heterocycles. The lowest BCUT2D eigenvalue weighted by Crippen LogP contribution is -1.95. The summed E-state index contributed by atoms with van der Waals surface area (Å²) >= 11 is 11.7. The number of benzene rings is 1. The lowest BCUT2D eigenvalue weighted by molar-refractivity contribution is 0.508. The van der Waals surface area contributed by atoms with E-state index in [4.69, 9.17) is 33.4 Å². The molecule has 0 atom stereocenters. The largest absolute Gasteiger partial charge is 0.419 e. The van der Waals surface area contributed by atoms with Crippen LogP contribution in [0.15, 0.2) is 22.6 Å². The van der Waals surface area contributed by atoms with Crippen LogP contribution in [-0.2, 0) is 6.54 Å². The van der Waals surface area contributed by atoms with Crippen LogP contribution in [0.4, 0.5) is 0 Å². The van der Waals surface area contributed by atoms with Gasteiger partial charge in [0.15, 0.2) is 0 Å². The zero-order valence-corrected chi connectivity index (χ0v) is 9.09. The van der Waals surface area contributed by atoms with Gasteiger partial charge in [-0.25, -0.2) is 0 Å². The molecule has 0 aliphatic heterocycles. The molecule has 4 nitrogen and oxygen atoms in total. The molecule has 2 N–H and O–H groups in total. The van der Waals surface area contributed by atoms with Crippen molar-refractivity contribution in [3.63, 3.8) is 0 Å². The third-order valence-corrected chi connectivity index (χ3v) is 2.19. The highest BCUT2D eigenvalue weighted by Crippen LogP contribution is 2.26. The molecule has 0 unspecified atom stereocenters. The van der Waals surface area contributed by atoms with Gasteiger partial charge in [-0.15, -0.1) is 10.2 Å². The van der Waals surface area contributed by atoms with Crippen LogP contribution in [0.25, 0.3) is 11.5 Å². The smallest absolute Gasteiger partial charge is 0.247 e. The fourth-order valence-corrected chi connectivity index (χ4v) is 1.66. The third kappa shape index (κ3) is 2.28. The van der Waals surface area contributed by atoms with E-state index >= 15 is 0 Å². The minimum Gasteiger partial charge on any atom is -0.419 e. The van der Waals surface area contributed by atoms with Crippen LogP contribution in [-0.4, -0.2) is 10.2 Å². The lowest BCUT2D eigenvalue weighted by atomic mass is 10.2. The van der Waals surface area contributed by atoms with Gasteiger partial charge in [0.1, 0.15) is 0 Å². The summed E-state index contributed by atoms with van der Waals surface area (Å²) in [4.78, 5) is 0. The maximum Gasteiger partial charge on any atom is 0.247 e. The summed E-state index contributed by atoms with van der Waals surface area (Å²) in [6.45, 7) is 0.210. The van der Waals surface area contributed by atoms with Gasteiger partial charge in [0.2, 0.25) is 11.8 Å². The molecule has 0 aliphatic rings. The van der Waals surface area contributed by atoms with Crippen molar-refractivity contribution in [3.8, 4) is 11.5 Å². The second-order valence-corrected chi connectivity index (χ2v) is 3.74. The average molecular weight is 244 g/mol. The summed E-state index contributed by atoms with van der Waals surface area (Å²) in [6.07, 6.45) is 0. The van der Waals surface area contributed by atoms with Gasteiger partial charge in [-0.1, -0.05) is 23.2 Å². The molecule has 2 rings (SSSR count). The Morgan fingerprint density at radius 1 is 1.13 bits per heavy atom. The van der Waals surface area contributed by atoms with Crippen LogP contribution >= 0.6 is 23.2 Å². The Hall–Kier alpha value is -1.10. The Morgan fingerprint density at radius 3 is 2.33 bits per heavy atom. The second-order valence-electron chi connectivity index (χ2n) is 2.86. The Bertz CT molecular complexity index is 464. The Morgan fingerprint density at radius 2 is 1.80 bits per heavy atom. The lowest BCUT2D eigenvalue weighted by Gasteiger charge is -1.97. The number of nitrogens with zero attached hydrogens (tertiary/aromatic N) is 2. The van der Waals surface area contributed by atoms with Gasteiger partial charge in [-0.3, -0.25) is 0 Å². The van der Waals surface area contributed by atoms with E-state index in [1.54, 1.807) is 18.2 Å². The van der Waals surface area contributed by atoms with E-state index in [0.717, 1.165) is 0 Å². The molecule has 0 spiro atoms. The standard InChI is InChI=1S/C9H7Cl2N3O/c10-6-1-5(2-7(11)3-6)9-14-13-8(4-12)15-9/h1-3H,4,12H2. The number of rotatable bonds is 2. The van der Waals surface area contributed by atoms with Crippen molar-refractivity contribution < 1.29 is 4.42 Å². The minimum atomic E-state index is 0.210. The predicted molar refractivity (Wildman–Crippen MR) is 57.6 cm³/mol. The molecule has 0 fully saturated rings. The molecule has 1 aromatic carbocycles. The number of nitrogens with two attached hydrogens (primary N) is 1. The zero-order valence-electron chi connectivity index (χ0n) is 7.58. The molecule has 0 radical (unpaired) electrons. The Kier molecular flexibility index (Phi) is 2.90. The van der Waals surface area contributed by atoms with E-state index in [0.29, 0.717) is 27.4 Å². The van der Waals surface area contributed by atoms with Crippen molar-refractivity contribution in [2.45, 2.75) is 6.54 Å². The van der Waals surface area contributed by atoms with Gasteiger partial charge in [-0.2, -0.15) is 0 Å². The van der Waals surface area contributed by atoms with Gasteiger partial charge in [0.25, 0.3) is 0 Å². The maximum absolute atomic E-state index is 5.84. The van der Waals surface area contributed by atoms with E-state index in [2.05, 4.69) is 10.2 Å². The molecule has 0 amide bonds. The summed E-state index contributed by atoms with van der Waals surface area (Å²) in [5.74, 6) is 0.737. The first-order valence-electron chi connectivity index (χ1n) is 4.18. The SMILES string of the molecule is NCc1nnc(-c2cc(Cl)cc(Cl)c2)o1. The highest BCUT2D eigenvalue weighted by molar-refractivity contribution is 6.35. The monoisotopic (exact) mass is 243 g/mol. The molecule has 0 saturated heterocycles. The molecule has 0 aliphatic carbocycles. The topological polar surface area (TPSA) is 64.9 Å². The van der Waals surface area contributed by atoms with Crippen LogP contribution < -0.4 is 5.73 Å². The maximum atomic E-state index is 5.84. The molecule has 15 heavy (non-hydrogen) atoms. The molecule has 0 bridgehead atoms. The fourth-order valence-electron chi connectivity index (χ4n) is 1.13. The van der Waals surface area contributed by atoms with Crippen molar-refractivity contribution in [2.75, 3.05) is 0 Å². The van der Waals surface area contributed by atoms with Crippen LogP contribution in [0.3, 0.4) is 0 Å². The summed E-state index contributed by atoms with van der Waals surface area (Å²) in [6, 6.07) is 5.02. The molecule has 2 aromatic rings. The van der Waals surface area contributed by atoms with E-state index < -0.39 is 0 Å². The molecule has 0 saturated carbocycles. The van der Waals surface area contributed by atoms with Crippen molar-refractivity contribution in [1.82, 2.24) is 10.2 Å². The van der Waals surface area contributed by atoms with Crippen LogP contribution in [0.5, 0.6) is 0 Å². The van der Waals surface area contributed by atoms with Crippen LogP contribution in [0, 0.1) is 0 Å². The zero-order chi connectivity index (χ0) is 10.8. The summed E-state index contributed by atoms with van der Waals surface area (Å²) in [5.41, 5.74) is 6.03. The highest BCUT2D eigenvalue weighted by Gasteiger charge is 2.08. The highest BCUT2D eigenvalue weighted by atomic mass is 35.5. The first kappa shape index (κ1) is 10.4. The molecular formula is C9H7Cl2N3O. The van der Waals surface area contributed by atoms with Gasteiger partial charge in [0.05, 0.1) is 6.54 Å². The second kappa shape index (κ2) is 4.18. The average Bonchev–Trinajstić information content (AvgIpc) is 2.64. The fraction of sp³-hybridized carbons (Fsp3) is 0.111. The van der Waals surface area contributed by atoms with Crippen molar-refractivity contribution in [3.05, 3.63) is 34.1 Å². The third-order valence-electron chi connectivity index (χ3n) is 1.75. The van der Waals surface area contributed by atoms with Crippen LogP contribution in [0.2, 0.25) is 10.0 Å². The molecule has 6 heteroatoms. The first-order chi connectivity index (χ1) is 7.19. The minimum absolute atomic E-state index is 0.210. The van der Waals surface area contributed by atoms with E-state index in [1.807, 2.05) is 0 Å². The van der Waals surface area contributed by atoms with Crippen molar-refractivity contribution >= 4 is 23.2 Å². The summed E-state index contributed by atoms with van der Waals surface area (Å²) < 4.78 is 5.26.